The Hall–Kier alpha value is -2.30. The zero-order valence-corrected chi connectivity index (χ0v) is 11.7. The van der Waals surface area contributed by atoms with Gasteiger partial charge >= 0.3 is 0 Å². The highest BCUT2D eigenvalue weighted by Gasteiger charge is 2.20. The number of aromatic nitrogens is 1. The van der Waals surface area contributed by atoms with E-state index in [0.29, 0.717) is 13.0 Å². The molecule has 0 fully saturated rings. The second-order valence-electron chi connectivity index (χ2n) is 4.71. The summed E-state index contributed by atoms with van der Waals surface area (Å²) in [7, 11) is 0. The van der Waals surface area contributed by atoms with E-state index >= 15 is 0 Å². The molecule has 2 aromatic rings. The summed E-state index contributed by atoms with van der Waals surface area (Å²) >= 11 is 0. The van der Waals surface area contributed by atoms with Crippen molar-refractivity contribution in [2.45, 2.75) is 26.3 Å². The number of carbonyl (C=O) groups excluding carboxylic acids is 2. The number of likely N-dealkylation sites (N-methyl/N-ethyl adjacent to an activating group) is 1. The summed E-state index contributed by atoms with van der Waals surface area (Å²) in [6.45, 7) is 3.82. The minimum absolute atomic E-state index is 0.159. The zero-order valence-electron chi connectivity index (χ0n) is 11.7. The van der Waals surface area contributed by atoms with Gasteiger partial charge in [-0.3, -0.25) is 9.59 Å². The fraction of sp³-hybridized carbons (Fsp3) is 0.333. The molecule has 1 heterocycles. The molecular formula is C15H19N3O2. The van der Waals surface area contributed by atoms with E-state index in [2.05, 4.69) is 15.6 Å². The molecule has 0 unspecified atom stereocenters. The summed E-state index contributed by atoms with van der Waals surface area (Å²) in [4.78, 5) is 26.4. The Kier molecular flexibility index (Phi) is 4.40. The minimum atomic E-state index is -0.549. The fourth-order valence-electron chi connectivity index (χ4n) is 2.27. The molecule has 0 bridgehead atoms. The number of amides is 2. The summed E-state index contributed by atoms with van der Waals surface area (Å²) in [6, 6.07) is 7.35. The van der Waals surface area contributed by atoms with E-state index < -0.39 is 6.04 Å². The second-order valence-corrected chi connectivity index (χ2v) is 4.71. The van der Waals surface area contributed by atoms with Gasteiger partial charge in [-0.1, -0.05) is 18.2 Å². The molecule has 0 saturated heterocycles. The SMILES string of the molecule is CCNC(=O)[C@@H](Cc1c[nH]c2ccccc12)NC(C)=O. The molecule has 5 nitrogen and oxygen atoms in total. The lowest BCUT2D eigenvalue weighted by Gasteiger charge is -2.16. The van der Waals surface area contributed by atoms with Gasteiger partial charge in [0.15, 0.2) is 0 Å². The Labute approximate surface area is 117 Å². The molecule has 0 radical (unpaired) electrons. The predicted molar refractivity (Wildman–Crippen MR) is 78.3 cm³/mol. The Balaban J connectivity index is 2.22. The number of benzene rings is 1. The van der Waals surface area contributed by atoms with Gasteiger partial charge in [0.2, 0.25) is 11.8 Å². The molecule has 0 aliphatic rings. The highest BCUT2D eigenvalue weighted by molar-refractivity contribution is 5.89. The van der Waals surface area contributed by atoms with E-state index in [4.69, 9.17) is 0 Å². The maximum atomic E-state index is 12.0. The van der Waals surface area contributed by atoms with Crippen LogP contribution in [-0.2, 0) is 16.0 Å². The first-order valence-electron chi connectivity index (χ1n) is 6.71. The first-order chi connectivity index (χ1) is 9.61. The summed E-state index contributed by atoms with van der Waals surface area (Å²) in [5.74, 6) is -0.367. The molecule has 0 saturated carbocycles. The number of hydrogen-bond acceptors (Lipinski definition) is 2. The van der Waals surface area contributed by atoms with Gasteiger partial charge in [-0.2, -0.15) is 0 Å². The van der Waals surface area contributed by atoms with Crippen molar-refractivity contribution in [1.29, 1.82) is 0 Å². The standard InChI is InChI=1S/C15H19N3O2/c1-3-16-15(20)14(18-10(2)19)8-11-9-17-13-7-5-4-6-12(11)13/h4-7,9,14,17H,3,8H2,1-2H3,(H,16,20)(H,18,19)/t14-/m1/s1. The third-order valence-electron chi connectivity index (χ3n) is 3.14. The molecule has 1 aromatic carbocycles. The quantitative estimate of drug-likeness (QED) is 0.769. The molecule has 106 valence electrons. The zero-order chi connectivity index (χ0) is 14.5. The van der Waals surface area contributed by atoms with Crippen molar-refractivity contribution < 1.29 is 9.59 Å². The van der Waals surface area contributed by atoms with Crippen LogP contribution in [0, 0.1) is 0 Å². The van der Waals surface area contributed by atoms with E-state index in [1.807, 2.05) is 37.4 Å². The average Bonchev–Trinajstić information content (AvgIpc) is 2.81. The van der Waals surface area contributed by atoms with Gasteiger partial charge in [0.05, 0.1) is 0 Å². The van der Waals surface area contributed by atoms with Gasteiger partial charge in [0.1, 0.15) is 6.04 Å². The summed E-state index contributed by atoms with van der Waals surface area (Å²) in [6.07, 6.45) is 2.36. The molecule has 2 amide bonds. The van der Waals surface area contributed by atoms with Crippen molar-refractivity contribution in [2.24, 2.45) is 0 Å². The Morgan fingerprint density at radius 3 is 2.75 bits per heavy atom. The summed E-state index contributed by atoms with van der Waals surface area (Å²) in [5.41, 5.74) is 2.05. The molecule has 20 heavy (non-hydrogen) atoms. The van der Waals surface area contributed by atoms with Gasteiger partial charge in [0.25, 0.3) is 0 Å². The predicted octanol–water partition coefficient (Wildman–Crippen LogP) is 1.35. The third kappa shape index (κ3) is 3.17. The van der Waals surface area contributed by atoms with Crippen LogP contribution in [-0.4, -0.2) is 29.4 Å². The molecule has 0 spiro atoms. The topological polar surface area (TPSA) is 74.0 Å². The molecule has 0 aliphatic heterocycles. The van der Waals surface area contributed by atoms with E-state index in [1.54, 1.807) is 0 Å². The maximum Gasteiger partial charge on any atom is 0.242 e. The van der Waals surface area contributed by atoms with Crippen LogP contribution in [0.1, 0.15) is 19.4 Å². The van der Waals surface area contributed by atoms with Crippen molar-refractivity contribution in [1.82, 2.24) is 15.6 Å². The maximum absolute atomic E-state index is 12.0. The normalized spacial score (nSPS) is 12.1. The Bertz CT molecular complexity index is 618. The minimum Gasteiger partial charge on any atom is -0.361 e. The summed E-state index contributed by atoms with van der Waals surface area (Å²) < 4.78 is 0. The Morgan fingerprint density at radius 1 is 1.30 bits per heavy atom. The van der Waals surface area contributed by atoms with Crippen molar-refractivity contribution >= 4 is 22.7 Å². The Morgan fingerprint density at radius 2 is 2.05 bits per heavy atom. The molecule has 0 aliphatic carbocycles. The molecule has 5 heteroatoms. The van der Waals surface area contributed by atoms with Gasteiger partial charge in [-0.05, 0) is 18.6 Å². The van der Waals surface area contributed by atoms with Crippen molar-refractivity contribution in [3.63, 3.8) is 0 Å². The second kappa shape index (κ2) is 6.23. The van der Waals surface area contributed by atoms with Gasteiger partial charge in [0, 0.05) is 37.0 Å². The van der Waals surface area contributed by atoms with Crippen LogP contribution in [0.5, 0.6) is 0 Å². The lowest BCUT2D eigenvalue weighted by atomic mass is 10.0. The number of nitrogens with one attached hydrogen (secondary N) is 3. The van der Waals surface area contributed by atoms with Crippen molar-refractivity contribution in [2.75, 3.05) is 6.54 Å². The van der Waals surface area contributed by atoms with Gasteiger partial charge < -0.3 is 15.6 Å². The first-order valence-corrected chi connectivity index (χ1v) is 6.71. The highest BCUT2D eigenvalue weighted by atomic mass is 16.2. The van der Waals surface area contributed by atoms with Crippen LogP contribution in [0.2, 0.25) is 0 Å². The van der Waals surface area contributed by atoms with E-state index in [0.717, 1.165) is 16.5 Å². The lowest BCUT2D eigenvalue weighted by molar-refractivity contribution is -0.128. The number of aromatic amines is 1. The van der Waals surface area contributed by atoms with Crippen LogP contribution >= 0.6 is 0 Å². The number of rotatable bonds is 5. The van der Waals surface area contributed by atoms with Crippen LogP contribution in [0.3, 0.4) is 0 Å². The molecule has 1 atom stereocenters. The highest BCUT2D eigenvalue weighted by Crippen LogP contribution is 2.19. The van der Waals surface area contributed by atoms with Crippen LogP contribution < -0.4 is 10.6 Å². The van der Waals surface area contributed by atoms with Crippen LogP contribution in [0.4, 0.5) is 0 Å². The van der Waals surface area contributed by atoms with E-state index in [-0.39, 0.29) is 11.8 Å². The molecule has 3 N–H and O–H groups in total. The van der Waals surface area contributed by atoms with Crippen LogP contribution in [0.25, 0.3) is 10.9 Å². The number of fused-ring (bicyclic) bond motifs is 1. The molecule has 2 rings (SSSR count). The monoisotopic (exact) mass is 273 g/mol. The fourth-order valence-corrected chi connectivity index (χ4v) is 2.27. The average molecular weight is 273 g/mol. The number of carbonyl (C=O) groups is 2. The largest absolute Gasteiger partial charge is 0.361 e. The summed E-state index contributed by atoms with van der Waals surface area (Å²) in [5, 5.41) is 6.53. The molecule has 1 aromatic heterocycles. The van der Waals surface area contributed by atoms with Gasteiger partial charge in [-0.25, -0.2) is 0 Å². The van der Waals surface area contributed by atoms with Gasteiger partial charge in [-0.15, -0.1) is 0 Å². The van der Waals surface area contributed by atoms with Crippen molar-refractivity contribution in [3.05, 3.63) is 36.0 Å². The number of hydrogen-bond donors (Lipinski definition) is 3. The molecular weight excluding hydrogens is 254 g/mol. The lowest BCUT2D eigenvalue weighted by Crippen LogP contribution is -2.47. The van der Waals surface area contributed by atoms with E-state index in [1.165, 1.54) is 6.92 Å². The third-order valence-corrected chi connectivity index (χ3v) is 3.14. The van der Waals surface area contributed by atoms with E-state index in [9.17, 15) is 9.59 Å². The number of H-pyrrole nitrogens is 1. The first kappa shape index (κ1) is 14.1. The number of para-hydroxylation sites is 1. The van der Waals surface area contributed by atoms with Crippen molar-refractivity contribution in [3.8, 4) is 0 Å². The smallest absolute Gasteiger partial charge is 0.242 e. The van der Waals surface area contributed by atoms with Crippen LogP contribution in [0.15, 0.2) is 30.5 Å².